The molecule has 2 rings (SSSR count). The van der Waals surface area contributed by atoms with E-state index in [-0.39, 0.29) is 12.0 Å². The van der Waals surface area contributed by atoms with Gasteiger partial charge in [-0.1, -0.05) is 55.6 Å². The van der Waals surface area contributed by atoms with E-state index in [9.17, 15) is 0 Å². The topological polar surface area (TPSA) is 38.7 Å². The molecule has 0 saturated heterocycles. The summed E-state index contributed by atoms with van der Waals surface area (Å²) in [7, 11) is 0. The maximum absolute atomic E-state index is 9.04. The average molecular weight is 312 g/mol. The van der Waals surface area contributed by atoms with Gasteiger partial charge < -0.3 is 14.6 Å². The monoisotopic (exact) mass is 312 g/mol. The van der Waals surface area contributed by atoms with Gasteiger partial charge in [0.15, 0.2) is 6.29 Å². The summed E-state index contributed by atoms with van der Waals surface area (Å²) in [6, 6.07) is 14.8. The van der Waals surface area contributed by atoms with E-state index >= 15 is 0 Å². The van der Waals surface area contributed by atoms with Gasteiger partial charge in [-0.25, -0.2) is 0 Å². The highest BCUT2D eigenvalue weighted by Crippen LogP contribution is 2.16. The van der Waals surface area contributed by atoms with Crippen LogP contribution in [-0.4, -0.2) is 18.0 Å². The molecule has 23 heavy (non-hydrogen) atoms. The van der Waals surface area contributed by atoms with Crippen molar-refractivity contribution in [1.29, 1.82) is 0 Å². The van der Waals surface area contributed by atoms with Crippen LogP contribution in [-0.2, 0) is 4.74 Å². The van der Waals surface area contributed by atoms with Crippen molar-refractivity contribution in [3.8, 4) is 11.5 Å². The highest BCUT2D eigenvalue weighted by atomic mass is 16.7. The molecule has 0 saturated carbocycles. The average Bonchev–Trinajstić information content (AvgIpc) is 2.57. The summed E-state index contributed by atoms with van der Waals surface area (Å²) in [5.41, 5.74) is 1.86. The van der Waals surface area contributed by atoms with Gasteiger partial charge >= 0.3 is 0 Å². The van der Waals surface area contributed by atoms with Crippen LogP contribution in [0.3, 0.4) is 0 Å². The maximum Gasteiger partial charge on any atom is 0.196 e. The highest BCUT2D eigenvalue weighted by Gasteiger charge is 2.01. The number of para-hydroxylation sites is 1. The molecule has 0 aliphatic heterocycles. The van der Waals surface area contributed by atoms with Crippen LogP contribution in [0, 0.1) is 0 Å². The molecule has 0 aliphatic carbocycles. The van der Waals surface area contributed by atoms with Gasteiger partial charge in [0.2, 0.25) is 0 Å². The zero-order chi connectivity index (χ0) is 17.1. The zero-order valence-corrected chi connectivity index (χ0v) is 13.7. The number of rotatable bonds is 6. The van der Waals surface area contributed by atoms with Crippen LogP contribution in [0.2, 0.25) is 0 Å². The first kappa shape index (κ1) is 18.5. The van der Waals surface area contributed by atoms with Gasteiger partial charge in [-0.05, 0) is 37.6 Å². The van der Waals surface area contributed by atoms with Crippen LogP contribution < -0.4 is 4.74 Å². The summed E-state index contributed by atoms with van der Waals surface area (Å²) in [6.07, 6.45) is 3.22. The molecule has 0 aromatic heterocycles. The molecule has 0 bridgehead atoms. The lowest BCUT2D eigenvalue weighted by Gasteiger charge is -2.14. The summed E-state index contributed by atoms with van der Waals surface area (Å²) < 4.78 is 10.8. The third-order valence-corrected chi connectivity index (χ3v) is 2.98. The SMILES string of the molecule is C=Cc1ccc(OC(C)OCC)cc1.C=Cc1ccccc1O. The largest absolute Gasteiger partial charge is 0.507 e. The molecule has 2 aromatic carbocycles. The molecule has 0 fully saturated rings. The Balaban J connectivity index is 0.000000253. The number of hydrogen-bond acceptors (Lipinski definition) is 3. The van der Waals surface area contributed by atoms with E-state index in [2.05, 4.69) is 13.2 Å². The first-order chi connectivity index (χ1) is 11.1. The Kier molecular flexibility index (Phi) is 8.25. The number of phenols is 1. The number of ether oxygens (including phenoxy) is 2. The third kappa shape index (κ3) is 6.85. The molecule has 0 heterocycles. The predicted octanol–water partition coefficient (Wildman–Crippen LogP) is 5.13. The van der Waals surface area contributed by atoms with Crippen molar-refractivity contribution in [2.24, 2.45) is 0 Å². The Bertz CT molecular complexity index is 603. The van der Waals surface area contributed by atoms with Gasteiger partial charge in [-0.2, -0.15) is 0 Å². The van der Waals surface area contributed by atoms with Gasteiger partial charge in [0.05, 0.1) is 0 Å². The molecule has 0 amide bonds. The minimum Gasteiger partial charge on any atom is -0.507 e. The van der Waals surface area contributed by atoms with Gasteiger partial charge in [0, 0.05) is 12.2 Å². The van der Waals surface area contributed by atoms with Crippen LogP contribution >= 0.6 is 0 Å². The minimum atomic E-state index is -0.199. The quantitative estimate of drug-likeness (QED) is 0.752. The van der Waals surface area contributed by atoms with Crippen LogP contribution in [0.5, 0.6) is 11.5 Å². The molecule has 2 aromatic rings. The summed E-state index contributed by atoms with van der Waals surface area (Å²) >= 11 is 0. The molecule has 0 spiro atoms. The van der Waals surface area contributed by atoms with Gasteiger partial charge in [0.25, 0.3) is 0 Å². The maximum atomic E-state index is 9.04. The van der Waals surface area contributed by atoms with Crippen molar-refractivity contribution >= 4 is 12.2 Å². The number of hydrogen-bond donors (Lipinski definition) is 1. The van der Waals surface area contributed by atoms with Gasteiger partial charge in [-0.3, -0.25) is 0 Å². The lowest BCUT2D eigenvalue weighted by Crippen LogP contribution is -2.15. The fraction of sp³-hybridized carbons (Fsp3) is 0.200. The molecule has 1 N–H and O–H groups in total. The van der Waals surface area contributed by atoms with E-state index < -0.39 is 0 Å². The van der Waals surface area contributed by atoms with Crippen LogP contribution in [0.25, 0.3) is 12.2 Å². The number of phenolic OH excluding ortho intramolecular Hbond substituents is 1. The van der Waals surface area contributed by atoms with E-state index in [0.717, 1.165) is 16.9 Å². The standard InChI is InChI=1S/C12H16O2.C8H8O/c1-4-11-6-8-12(9-7-11)14-10(3)13-5-2;1-2-7-5-3-4-6-8(7)9/h4,6-10H,1,5H2,2-3H3;2-6,9H,1H2. The van der Waals surface area contributed by atoms with E-state index in [1.165, 1.54) is 0 Å². The Labute approximate surface area is 138 Å². The molecule has 0 aliphatic rings. The lowest BCUT2D eigenvalue weighted by atomic mass is 10.2. The van der Waals surface area contributed by atoms with Crippen molar-refractivity contribution in [3.63, 3.8) is 0 Å². The predicted molar refractivity (Wildman–Crippen MR) is 96.4 cm³/mol. The van der Waals surface area contributed by atoms with Crippen molar-refractivity contribution in [1.82, 2.24) is 0 Å². The van der Waals surface area contributed by atoms with Crippen molar-refractivity contribution < 1.29 is 14.6 Å². The highest BCUT2D eigenvalue weighted by molar-refractivity contribution is 5.54. The molecule has 3 nitrogen and oxygen atoms in total. The van der Waals surface area contributed by atoms with E-state index in [0.29, 0.717) is 6.61 Å². The molecular weight excluding hydrogens is 288 g/mol. The Morgan fingerprint density at radius 3 is 2.17 bits per heavy atom. The Morgan fingerprint density at radius 2 is 1.70 bits per heavy atom. The van der Waals surface area contributed by atoms with Crippen molar-refractivity contribution in [2.75, 3.05) is 6.61 Å². The zero-order valence-electron chi connectivity index (χ0n) is 13.7. The summed E-state index contributed by atoms with van der Waals surface area (Å²) in [5, 5.41) is 9.04. The van der Waals surface area contributed by atoms with E-state index in [1.807, 2.05) is 50.2 Å². The second-order valence-electron chi connectivity index (χ2n) is 4.68. The fourth-order valence-corrected chi connectivity index (χ4v) is 1.80. The Morgan fingerprint density at radius 1 is 1.04 bits per heavy atom. The summed E-state index contributed by atoms with van der Waals surface area (Å²) in [6.45, 7) is 11.7. The van der Waals surface area contributed by atoms with Crippen LogP contribution in [0.15, 0.2) is 61.7 Å². The Hall–Kier alpha value is -2.52. The molecule has 0 radical (unpaired) electrons. The summed E-state index contributed by atoms with van der Waals surface area (Å²) in [5.74, 6) is 1.10. The first-order valence-electron chi connectivity index (χ1n) is 7.51. The first-order valence-corrected chi connectivity index (χ1v) is 7.51. The van der Waals surface area contributed by atoms with Gasteiger partial charge in [-0.15, -0.1) is 0 Å². The van der Waals surface area contributed by atoms with Crippen LogP contribution in [0.1, 0.15) is 25.0 Å². The summed E-state index contributed by atoms with van der Waals surface area (Å²) in [4.78, 5) is 0. The van der Waals surface area contributed by atoms with Crippen LogP contribution in [0.4, 0.5) is 0 Å². The van der Waals surface area contributed by atoms with Crippen molar-refractivity contribution in [3.05, 3.63) is 72.8 Å². The van der Waals surface area contributed by atoms with E-state index in [1.54, 1.807) is 24.3 Å². The van der Waals surface area contributed by atoms with Crippen molar-refractivity contribution in [2.45, 2.75) is 20.1 Å². The number of benzene rings is 2. The molecule has 122 valence electrons. The van der Waals surface area contributed by atoms with E-state index in [4.69, 9.17) is 14.6 Å². The third-order valence-electron chi connectivity index (χ3n) is 2.98. The smallest absolute Gasteiger partial charge is 0.196 e. The number of aromatic hydroxyl groups is 1. The second kappa shape index (κ2) is 10.2. The molecule has 1 atom stereocenters. The second-order valence-corrected chi connectivity index (χ2v) is 4.68. The van der Waals surface area contributed by atoms with Gasteiger partial charge in [0.1, 0.15) is 11.5 Å². The normalized spacial score (nSPS) is 10.9. The molecule has 3 heteroatoms. The minimum absolute atomic E-state index is 0.199. The fourth-order valence-electron chi connectivity index (χ4n) is 1.80. The molecule has 1 unspecified atom stereocenters. The molecular formula is C20H24O3. The lowest BCUT2D eigenvalue weighted by molar-refractivity contribution is -0.0613.